The van der Waals surface area contributed by atoms with Crippen molar-refractivity contribution in [2.45, 2.75) is 39.0 Å². The molecule has 1 aromatic rings. The molecule has 1 atom stereocenters. The predicted molar refractivity (Wildman–Crippen MR) is 71.9 cm³/mol. The summed E-state index contributed by atoms with van der Waals surface area (Å²) in [5.74, 6) is 0.623. The van der Waals surface area contributed by atoms with E-state index >= 15 is 0 Å². The Bertz CT molecular complexity index is 297. The Morgan fingerprint density at radius 1 is 1.25 bits per heavy atom. The van der Waals surface area contributed by atoms with Crippen LogP contribution in [0.15, 0.2) is 24.3 Å². The van der Waals surface area contributed by atoms with E-state index in [0.717, 1.165) is 25.9 Å². The monoisotopic (exact) mass is 220 g/mol. The summed E-state index contributed by atoms with van der Waals surface area (Å²) in [6.45, 7) is 6.32. The zero-order valence-electron chi connectivity index (χ0n) is 10.5. The SMILES string of the molecule is CCC(C)c1ccccc1NCCCCN. The van der Waals surface area contributed by atoms with Crippen molar-refractivity contribution in [1.82, 2.24) is 0 Å². The van der Waals surface area contributed by atoms with Crippen LogP contribution in [-0.2, 0) is 0 Å². The standard InChI is InChI=1S/C14H24N2/c1-3-12(2)13-8-4-5-9-14(13)16-11-7-6-10-15/h4-5,8-9,12,16H,3,6-7,10-11,15H2,1-2H3. The normalized spacial score (nSPS) is 12.4. The molecule has 0 aliphatic rings. The van der Waals surface area contributed by atoms with E-state index in [1.165, 1.54) is 17.7 Å². The van der Waals surface area contributed by atoms with E-state index in [1.54, 1.807) is 0 Å². The van der Waals surface area contributed by atoms with Gasteiger partial charge in [-0.1, -0.05) is 32.0 Å². The minimum absolute atomic E-state index is 0.623. The van der Waals surface area contributed by atoms with Gasteiger partial charge < -0.3 is 11.1 Å². The Labute approximate surface area is 99.2 Å². The summed E-state index contributed by atoms with van der Waals surface area (Å²) in [7, 11) is 0. The van der Waals surface area contributed by atoms with Crippen molar-refractivity contribution in [3.63, 3.8) is 0 Å². The minimum Gasteiger partial charge on any atom is -0.385 e. The van der Waals surface area contributed by atoms with Crippen LogP contribution in [0.5, 0.6) is 0 Å². The average Bonchev–Trinajstić information content (AvgIpc) is 2.34. The maximum atomic E-state index is 5.48. The Hall–Kier alpha value is -1.02. The second kappa shape index (κ2) is 7.29. The van der Waals surface area contributed by atoms with Crippen LogP contribution in [0.2, 0.25) is 0 Å². The van der Waals surface area contributed by atoms with Gasteiger partial charge in [0, 0.05) is 12.2 Å². The molecular formula is C14H24N2. The van der Waals surface area contributed by atoms with E-state index in [-0.39, 0.29) is 0 Å². The summed E-state index contributed by atoms with van der Waals surface area (Å²) in [6, 6.07) is 8.60. The molecule has 0 aromatic heterocycles. The zero-order valence-corrected chi connectivity index (χ0v) is 10.5. The van der Waals surface area contributed by atoms with Crippen molar-refractivity contribution < 1.29 is 0 Å². The third-order valence-electron chi connectivity index (χ3n) is 3.05. The van der Waals surface area contributed by atoms with Crippen LogP contribution in [0.1, 0.15) is 44.6 Å². The summed E-state index contributed by atoms with van der Waals surface area (Å²) in [4.78, 5) is 0. The number of hydrogen-bond donors (Lipinski definition) is 2. The molecule has 1 rings (SSSR count). The van der Waals surface area contributed by atoms with Crippen molar-refractivity contribution in [2.75, 3.05) is 18.4 Å². The Balaban J connectivity index is 2.57. The highest BCUT2D eigenvalue weighted by molar-refractivity contribution is 5.52. The first-order valence-corrected chi connectivity index (χ1v) is 6.32. The number of rotatable bonds is 7. The Kier molecular flexibility index (Phi) is 5.94. The van der Waals surface area contributed by atoms with Gasteiger partial charge in [0.2, 0.25) is 0 Å². The smallest absolute Gasteiger partial charge is 0.0375 e. The molecule has 0 amide bonds. The molecule has 1 aromatic carbocycles. The van der Waals surface area contributed by atoms with Crippen LogP contribution in [0.3, 0.4) is 0 Å². The van der Waals surface area contributed by atoms with Crippen LogP contribution < -0.4 is 11.1 Å². The number of hydrogen-bond acceptors (Lipinski definition) is 2. The van der Waals surface area contributed by atoms with Gasteiger partial charge in [0.25, 0.3) is 0 Å². The minimum atomic E-state index is 0.623. The van der Waals surface area contributed by atoms with E-state index in [4.69, 9.17) is 5.73 Å². The van der Waals surface area contributed by atoms with Crippen molar-refractivity contribution in [3.05, 3.63) is 29.8 Å². The summed E-state index contributed by atoms with van der Waals surface area (Å²) >= 11 is 0. The van der Waals surface area contributed by atoms with E-state index in [2.05, 4.69) is 43.4 Å². The van der Waals surface area contributed by atoms with Crippen molar-refractivity contribution >= 4 is 5.69 Å². The summed E-state index contributed by atoms with van der Waals surface area (Å²) in [5, 5.41) is 3.51. The van der Waals surface area contributed by atoms with Crippen molar-refractivity contribution in [2.24, 2.45) is 5.73 Å². The lowest BCUT2D eigenvalue weighted by Crippen LogP contribution is -2.08. The highest BCUT2D eigenvalue weighted by Gasteiger charge is 2.07. The van der Waals surface area contributed by atoms with Gasteiger partial charge in [-0.25, -0.2) is 0 Å². The largest absolute Gasteiger partial charge is 0.385 e. The van der Waals surface area contributed by atoms with Gasteiger partial charge in [0.15, 0.2) is 0 Å². The first-order valence-electron chi connectivity index (χ1n) is 6.32. The maximum absolute atomic E-state index is 5.48. The Morgan fingerprint density at radius 3 is 2.69 bits per heavy atom. The second-order valence-electron chi connectivity index (χ2n) is 4.32. The fourth-order valence-electron chi connectivity index (χ4n) is 1.80. The molecule has 0 bridgehead atoms. The van der Waals surface area contributed by atoms with Crippen LogP contribution in [0, 0.1) is 0 Å². The molecule has 2 nitrogen and oxygen atoms in total. The molecule has 0 aliphatic heterocycles. The molecule has 16 heavy (non-hydrogen) atoms. The third kappa shape index (κ3) is 3.86. The van der Waals surface area contributed by atoms with Gasteiger partial charge in [-0.2, -0.15) is 0 Å². The molecule has 3 N–H and O–H groups in total. The van der Waals surface area contributed by atoms with E-state index in [0.29, 0.717) is 5.92 Å². The van der Waals surface area contributed by atoms with Gasteiger partial charge in [0.1, 0.15) is 0 Å². The van der Waals surface area contributed by atoms with E-state index in [1.807, 2.05) is 0 Å². The fraction of sp³-hybridized carbons (Fsp3) is 0.571. The van der Waals surface area contributed by atoms with Crippen LogP contribution >= 0.6 is 0 Å². The molecule has 0 aliphatic carbocycles. The number of benzene rings is 1. The van der Waals surface area contributed by atoms with Crippen LogP contribution in [0.4, 0.5) is 5.69 Å². The van der Waals surface area contributed by atoms with Gasteiger partial charge >= 0.3 is 0 Å². The molecule has 0 fully saturated rings. The summed E-state index contributed by atoms with van der Waals surface area (Å²) in [5.41, 5.74) is 8.19. The molecule has 2 heteroatoms. The predicted octanol–water partition coefficient (Wildman–Crippen LogP) is 3.35. The summed E-state index contributed by atoms with van der Waals surface area (Å²) in [6.07, 6.45) is 3.42. The highest BCUT2D eigenvalue weighted by atomic mass is 14.9. The Morgan fingerprint density at radius 2 is 2.00 bits per heavy atom. The zero-order chi connectivity index (χ0) is 11.8. The van der Waals surface area contributed by atoms with Gasteiger partial charge in [0.05, 0.1) is 0 Å². The lowest BCUT2D eigenvalue weighted by Gasteiger charge is -2.16. The van der Waals surface area contributed by atoms with Crippen LogP contribution in [0.25, 0.3) is 0 Å². The first kappa shape index (κ1) is 13.0. The lowest BCUT2D eigenvalue weighted by atomic mass is 9.97. The first-order chi connectivity index (χ1) is 7.79. The van der Waals surface area contributed by atoms with Crippen LogP contribution in [-0.4, -0.2) is 13.1 Å². The number of anilines is 1. The van der Waals surface area contributed by atoms with Crippen molar-refractivity contribution in [3.8, 4) is 0 Å². The third-order valence-corrected chi connectivity index (χ3v) is 3.05. The lowest BCUT2D eigenvalue weighted by molar-refractivity contribution is 0.730. The average molecular weight is 220 g/mol. The molecule has 0 radical (unpaired) electrons. The molecule has 90 valence electrons. The topological polar surface area (TPSA) is 38.0 Å². The number of unbranched alkanes of at least 4 members (excludes halogenated alkanes) is 1. The number of para-hydroxylation sites is 1. The van der Waals surface area contributed by atoms with E-state index < -0.39 is 0 Å². The highest BCUT2D eigenvalue weighted by Crippen LogP contribution is 2.26. The molecule has 0 heterocycles. The second-order valence-corrected chi connectivity index (χ2v) is 4.32. The number of nitrogens with two attached hydrogens (primary N) is 1. The van der Waals surface area contributed by atoms with Gasteiger partial charge in [-0.3, -0.25) is 0 Å². The van der Waals surface area contributed by atoms with Gasteiger partial charge in [-0.05, 0) is 43.4 Å². The fourth-order valence-corrected chi connectivity index (χ4v) is 1.80. The molecule has 0 saturated heterocycles. The summed E-state index contributed by atoms with van der Waals surface area (Å²) < 4.78 is 0. The molecule has 0 spiro atoms. The molecule has 1 unspecified atom stereocenters. The van der Waals surface area contributed by atoms with Crippen molar-refractivity contribution in [1.29, 1.82) is 0 Å². The maximum Gasteiger partial charge on any atom is 0.0375 e. The quantitative estimate of drug-likeness (QED) is 0.692. The van der Waals surface area contributed by atoms with E-state index in [9.17, 15) is 0 Å². The molecular weight excluding hydrogens is 196 g/mol. The van der Waals surface area contributed by atoms with Gasteiger partial charge in [-0.15, -0.1) is 0 Å². The molecule has 0 saturated carbocycles. The number of nitrogens with one attached hydrogen (secondary N) is 1.